The van der Waals surface area contributed by atoms with E-state index in [0.29, 0.717) is 30.9 Å². The Morgan fingerprint density at radius 1 is 1.06 bits per heavy atom. The standard InChI is InChI=1S/C25H25N3O6S/c29-25(26-21-11-13-23(14-12-21)34-18-19-6-2-1-3-7-19)20-8-5-15-27(17-20)35(32,33)24-10-4-9-22(16-24)28(30)31/h1-4,6-7,9-14,16,20H,5,8,15,17-18H2,(H,26,29)/t20-/m1/s1. The number of carbonyl (C=O) groups excluding carboxylic acids is 1. The average Bonchev–Trinajstić information content (AvgIpc) is 2.89. The Morgan fingerprint density at radius 2 is 1.80 bits per heavy atom. The minimum Gasteiger partial charge on any atom is -0.489 e. The smallest absolute Gasteiger partial charge is 0.270 e. The van der Waals surface area contributed by atoms with Gasteiger partial charge in [-0.1, -0.05) is 36.4 Å². The fourth-order valence-electron chi connectivity index (χ4n) is 3.90. The molecular formula is C25H25N3O6S. The number of nitro benzene ring substituents is 1. The second-order valence-corrected chi connectivity index (χ2v) is 10.2. The van der Waals surface area contributed by atoms with Gasteiger partial charge in [0.25, 0.3) is 5.69 Å². The van der Waals surface area contributed by atoms with Gasteiger partial charge < -0.3 is 10.1 Å². The number of sulfonamides is 1. The monoisotopic (exact) mass is 495 g/mol. The lowest BCUT2D eigenvalue weighted by Crippen LogP contribution is -2.43. The van der Waals surface area contributed by atoms with Crippen LogP contribution >= 0.6 is 0 Å². The number of carbonyl (C=O) groups is 1. The maximum absolute atomic E-state index is 13.0. The summed E-state index contributed by atoms with van der Waals surface area (Å²) in [7, 11) is -3.96. The zero-order chi connectivity index (χ0) is 24.8. The normalized spacial score (nSPS) is 16.4. The molecule has 1 fully saturated rings. The molecule has 1 amide bonds. The van der Waals surface area contributed by atoms with E-state index in [9.17, 15) is 23.3 Å². The largest absolute Gasteiger partial charge is 0.489 e. The summed E-state index contributed by atoms with van der Waals surface area (Å²) < 4.78 is 33.1. The first-order chi connectivity index (χ1) is 16.8. The summed E-state index contributed by atoms with van der Waals surface area (Å²) in [6.45, 7) is 0.695. The maximum atomic E-state index is 13.0. The summed E-state index contributed by atoms with van der Waals surface area (Å²) in [5, 5.41) is 13.9. The summed E-state index contributed by atoms with van der Waals surface area (Å²) in [6.07, 6.45) is 1.06. The summed E-state index contributed by atoms with van der Waals surface area (Å²) in [5.74, 6) is -0.146. The molecule has 0 spiro atoms. The first kappa shape index (κ1) is 24.4. The highest BCUT2D eigenvalue weighted by Crippen LogP contribution is 2.27. The van der Waals surface area contributed by atoms with E-state index in [2.05, 4.69) is 5.32 Å². The van der Waals surface area contributed by atoms with Crippen LogP contribution in [0.5, 0.6) is 5.75 Å². The third-order valence-electron chi connectivity index (χ3n) is 5.79. The number of non-ortho nitro benzene ring substituents is 1. The quantitative estimate of drug-likeness (QED) is 0.369. The molecule has 1 atom stereocenters. The predicted molar refractivity (Wildman–Crippen MR) is 130 cm³/mol. The van der Waals surface area contributed by atoms with Crippen LogP contribution in [0.3, 0.4) is 0 Å². The second kappa shape index (κ2) is 10.7. The van der Waals surface area contributed by atoms with Crippen molar-refractivity contribution in [2.45, 2.75) is 24.3 Å². The van der Waals surface area contributed by atoms with Crippen LogP contribution in [0.25, 0.3) is 0 Å². The van der Waals surface area contributed by atoms with Gasteiger partial charge in [0.2, 0.25) is 15.9 Å². The van der Waals surface area contributed by atoms with E-state index in [1.165, 1.54) is 22.5 Å². The SMILES string of the molecule is O=C(Nc1ccc(OCc2ccccc2)cc1)[C@@H]1CCCN(S(=O)(=O)c2cccc([N+](=O)[O-])c2)C1. The van der Waals surface area contributed by atoms with E-state index in [1.807, 2.05) is 30.3 Å². The zero-order valence-electron chi connectivity index (χ0n) is 18.9. The molecule has 1 saturated heterocycles. The number of amides is 1. The Bertz CT molecular complexity index is 1300. The Hall–Kier alpha value is -3.76. The minimum absolute atomic E-state index is 0.00906. The molecule has 0 aromatic heterocycles. The lowest BCUT2D eigenvalue weighted by atomic mass is 9.99. The van der Waals surface area contributed by atoms with Gasteiger partial charge in [0.05, 0.1) is 15.7 Å². The number of hydrogen-bond acceptors (Lipinski definition) is 6. The first-order valence-corrected chi connectivity index (χ1v) is 12.6. The van der Waals surface area contributed by atoms with Crippen LogP contribution in [0.15, 0.2) is 83.8 Å². The molecular weight excluding hydrogens is 470 g/mol. The van der Waals surface area contributed by atoms with Crippen LogP contribution in [0.2, 0.25) is 0 Å². The van der Waals surface area contributed by atoms with E-state index in [0.717, 1.165) is 11.6 Å². The number of benzene rings is 3. The highest BCUT2D eigenvalue weighted by Gasteiger charge is 2.34. The van der Waals surface area contributed by atoms with Crippen LogP contribution in [-0.2, 0) is 21.4 Å². The average molecular weight is 496 g/mol. The molecule has 10 heteroatoms. The summed E-state index contributed by atoms with van der Waals surface area (Å²) >= 11 is 0. The van der Waals surface area contributed by atoms with Gasteiger partial charge in [-0.3, -0.25) is 14.9 Å². The van der Waals surface area contributed by atoms with Crippen molar-refractivity contribution in [1.29, 1.82) is 0 Å². The van der Waals surface area contributed by atoms with Crippen LogP contribution < -0.4 is 10.1 Å². The van der Waals surface area contributed by atoms with Gasteiger partial charge in [-0.25, -0.2) is 8.42 Å². The Kier molecular flexibility index (Phi) is 7.42. The Labute approximate surface area is 203 Å². The Morgan fingerprint density at radius 3 is 2.51 bits per heavy atom. The molecule has 35 heavy (non-hydrogen) atoms. The molecule has 4 rings (SSSR count). The fourth-order valence-corrected chi connectivity index (χ4v) is 5.47. The van der Waals surface area contributed by atoms with Crippen LogP contribution in [-0.4, -0.2) is 36.6 Å². The lowest BCUT2D eigenvalue weighted by molar-refractivity contribution is -0.385. The molecule has 1 N–H and O–H groups in total. The molecule has 3 aromatic carbocycles. The summed E-state index contributed by atoms with van der Waals surface area (Å²) in [4.78, 5) is 23.1. The molecule has 182 valence electrons. The number of piperidine rings is 1. The van der Waals surface area contributed by atoms with E-state index >= 15 is 0 Å². The number of nitro groups is 1. The molecule has 0 unspecified atom stereocenters. The van der Waals surface area contributed by atoms with Crippen LogP contribution in [0.4, 0.5) is 11.4 Å². The van der Waals surface area contributed by atoms with Crippen molar-refractivity contribution in [2.24, 2.45) is 5.92 Å². The van der Waals surface area contributed by atoms with Gasteiger partial charge in [-0.2, -0.15) is 4.31 Å². The van der Waals surface area contributed by atoms with E-state index < -0.39 is 20.9 Å². The third-order valence-corrected chi connectivity index (χ3v) is 7.65. The van der Waals surface area contributed by atoms with Gasteiger partial charge >= 0.3 is 0 Å². The maximum Gasteiger partial charge on any atom is 0.270 e. The van der Waals surface area contributed by atoms with E-state index in [1.54, 1.807) is 24.3 Å². The summed E-state index contributed by atoms with van der Waals surface area (Å²) in [6, 6.07) is 21.7. The predicted octanol–water partition coefficient (Wildman–Crippen LogP) is 4.21. The third kappa shape index (κ3) is 6.03. The molecule has 0 bridgehead atoms. The first-order valence-electron chi connectivity index (χ1n) is 11.2. The van der Waals surface area contributed by atoms with Crippen LogP contribution in [0.1, 0.15) is 18.4 Å². The number of anilines is 1. The number of hydrogen-bond donors (Lipinski definition) is 1. The topological polar surface area (TPSA) is 119 Å². The summed E-state index contributed by atoms with van der Waals surface area (Å²) in [5.41, 5.74) is 1.33. The lowest BCUT2D eigenvalue weighted by Gasteiger charge is -2.31. The highest BCUT2D eigenvalue weighted by atomic mass is 32.2. The van der Waals surface area contributed by atoms with Crippen molar-refractivity contribution in [2.75, 3.05) is 18.4 Å². The van der Waals surface area contributed by atoms with Crippen molar-refractivity contribution < 1.29 is 22.9 Å². The van der Waals surface area contributed by atoms with Crippen molar-refractivity contribution in [3.8, 4) is 5.75 Å². The molecule has 0 radical (unpaired) electrons. The number of nitrogens with one attached hydrogen (secondary N) is 1. The minimum atomic E-state index is -3.96. The van der Waals surface area contributed by atoms with Gasteiger partial charge in [-0.15, -0.1) is 0 Å². The van der Waals surface area contributed by atoms with E-state index in [-0.39, 0.29) is 29.6 Å². The second-order valence-electron chi connectivity index (χ2n) is 8.24. The van der Waals surface area contributed by atoms with Gasteiger partial charge in [0.15, 0.2) is 0 Å². The molecule has 9 nitrogen and oxygen atoms in total. The number of nitrogens with zero attached hydrogens (tertiary/aromatic N) is 2. The fraction of sp³-hybridized carbons (Fsp3) is 0.240. The highest BCUT2D eigenvalue weighted by molar-refractivity contribution is 7.89. The van der Waals surface area contributed by atoms with Crippen LogP contribution in [0, 0.1) is 16.0 Å². The zero-order valence-corrected chi connectivity index (χ0v) is 19.7. The van der Waals surface area contributed by atoms with Crippen molar-refractivity contribution in [3.63, 3.8) is 0 Å². The van der Waals surface area contributed by atoms with Gasteiger partial charge in [-0.05, 0) is 48.7 Å². The van der Waals surface area contributed by atoms with Crippen molar-refractivity contribution >= 4 is 27.3 Å². The van der Waals surface area contributed by atoms with Gasteiger partial charge in [0.1, 0.15) is 12.4 Å². The molecule has 1 heterocycles. The molecule has 1 aliphatic rings. The number of ether oxygens (including phenoxy) is 1. The van der Waals surface area contributed by atoms with Crippen molar-refractivity contribution in [1.82, 2.24) is 4.31 Å². The molecule has 1 aliphatic heterocycles. The van der Waals surface area contributed by atoms with Gasteiger partial charge in [0, 0.05) is 30.9 Å². The molecule has 0 saturated carbocycles. The number of rotatable bonds is 8. The molecule has 0 aliphatic carbocycles. The van der Waals surface area contributed by atoms with E-state index in [4.69, 9.17) is 4.74 Å². The Balaban J connectivity index is 1.36. The molecule has 3 aromatic rings. The van der Waals surface area contributed by atoms with Crippen molar-refractivity contribution in [3.05, 3.63) is 94.5 Å².